The number of hydrogen-bond acceptors (Lipinski definition) is 3. The summed E-state index contributed by atoms with van der Waals surface area (Å²) in [4.78, 5) is 22.3. The molecule has 5 heteroatoms. The van der Waals surface area contributed by atoms with Gasteiger partial charge in [0.1, 0.15) is 11.8 Å². The van der Waals surface area contributed by atoms with Crippen molar-refractivity contribution < 1.29 is 19.4 Å². The predicted octanol–water partition coefficient (Wildman–Crippen LogP) is 1.78. The summed E-state index contributed by atoms with van der Waals surface area (Å²) in [5, 5.41) is 11.2. The van der Waals surface area contributed by atoms with Gasteiger partial charge in [-0.3, -0.25) is 9.59 Å². The fraction of sp³-hybridized carbons (Fsp3) is 0.429. The second-order valence-electron chi connectivity index (χ2n) is 4.51. The number of amides is 1. The number of carbonyl (C=O) groups is 2. The molecular formula is C14H19NO4. The summed E-state index contributed by atoms with van der Waals surface area (Å²) in [6.45, 7) is 3.36. The fourth-order valence-corrected chi connectivity index (χ4v) is 1.71. The number of carbonyl (C=O) groups excluding carboxylic acids is 1. The van der Waals surface area contributed by atoms with E-state index in [9.17, 15) is 9.59 Å². The highest BCUT2D eigenvalue weighted by molar-refractivity contribution is 5.83. The molecular weight excluding hydrogens is 246 g/mol. The number of aliphatic carboxylic acids is 1. The molecule has 104 valence electrons. The summed E-state index contributed by atoms with van der Waals surface area (Å²) >= 11 is 0. The van der Waals surface area contributed by atoms with Crippen LogP contribution in [0.4, 0.5) is 0 Å². The van der Waals surface area contributed by atoms with Crippen molar-refractivity contribution in [1.82, 2.24) is 5.32 Å². The van der Waals surface area contributed by atoms with Crippen molar-refractivity contribution in [2.24, 2.45) is 0 Å². The number of benzene rings is 1. The molecule has 2 N–H and O–H groups in total. The van der Waals surface area contributed by atoms with Gasteiger partial charge in [0, 0.05) is 6.42 Å². The Bertz CT molecular complexity index is 459. The minimum Gasteiger partial charge on any atom is -0.497 e. The van der Waals surface area contributed by atoms with E-state index in [4.69, 9.17) is 9.84 Å². The number of rotatable bonds is 6. The van der Waals surface area contributed by atoms with Gasteiger partial charge in [-0.1, -0.05) is 19.1 Å². The smallest absolute Gasteiger partial charge is 0.325 e. The van der Waals surface area contributed by atoms with E-state index in [1.807, 2.05) is 31.2 Å². The van der Waals surface area contributed by atoms with Crippen LogP contribution in [0.1, 0.15) is 31.7 Å². The maximum Gasteiger partial charge on any atom is 0.325 e. The molecule has 0 bridgehead atoms. The van der Waals surface area contributed by atoms with E-state index < -0.39 is 12.0 Å². The Hall–Kier alpha value is -2.04. The molecule has 1 unspecified atom stereocenters. The van der Waals surface area contributed by atoms with Crippen molar-refractivity contribution in [3.05, 3.63) is 29.8 Å². The lowest BCUT2D eigenvalue weighted by Gasteiger charge is -2.14. The van der Waals surface area contributed by atoms with Gasteiger partial charge in [0.05, 0.1) is 7.11 Å². The Morgan fingerprint density at radius 2 is 2.05 bits per heavy atom. The van der Waals surface area contributed by atoms with Gasteiger partial charge in [-0.25, -0.2) is 0 Å². The van der Waals surface area contributed by atoms with Crippen molar-refractivity contribution in [2.45, 2.75) is 32.2 Å². The average Bonchev–Trinajstić information content (AvgIpc) is 2.38. The number of methoxy groups -OCH3 is 1. The lowest BCUT2D eigenvalue weighted by Crippen LogP contribution is -2.38. The summed E-state index contributed by atoms with van der Waals surface area (Å²) in [5.41, 5.74) is 0.984. The van der Waals surface area contributed by atoms with Crippen LogP contribution in [-0.2, 0) is 9.59 Å². The van der Waals surface area contributed by atoms with E-state index in [0.29, 0.717) is 0 Å². The summed E-state index contributed by atoms with van der Waals surface area (Å²) in [5.74, 6) is -0.577. The third-order valence-corrected chi connectivity index (χ3v) is 2.90. The summed E-state index contributed by atoms with van der Waals surface area (Å²) < 4.78 is 5.13. The predicted molar refractivity (Wildman–Crippen MR) is 71.3 cm³/mol. The number of carboxylic acids is 1. The minimum absolute atomic E-state index is 0.00362. The molecule has 0 aliphatic rings. The Balaban J connectivity index is 2.61. The van der Waals surface area contributed by atoms with Crippen molar-refractivity contribution in [1.29, 1.82) is 0 Å². The molecule has 0 fully saturated rings. The molecule has 0 aliphatic carbocycles. The summed E-state index contributed by atoms with van der Waals surface area (Å²) in [7, 11) is 1.59. The van der Waals surface area contributed by atoms with Crippen LogP contribution >= 0.6 is 0 Å². The molecule has 5 nitrogen and oxygen atoms in total. The highest BCUT2D eigenvalue weighted by Gasteiger charge is 2.17. The van der Waals surface area contributed by atoms with Crippen LogP contribution in [0.5, 0.6) is 5.75 Å². The van der Waals surface area contributed by atoms with Gasteiger partial charge in [-0.15, -0.1) is 0 Å². The fourth-order valence-electron chi connectivity index (χ4n) is 1.71. The van der Waals surface area contributed by atoms with Crippen LogP contribution in [0.15, 0.2) is 24.3 Å². The Morgan fingerprint density at radius 3 is 2.63 bits per heavy atom. The first kappa shape index (κ1) is 15.0. The van der Waals surface area contributed by atoms with Crippen LogP contribution in [-0.4, -0.2) is 30.1 Å². The molecule has 0 saturated carbocycles. The normalized spacial score (nSPS) is 13.4. The second kappa shape index (κ2) is 6.78. The molecule has 0 heterocycles. The summed E-state index contributed by atoms with van der Waals surface area (Å²) in [6, 6.07) is 6.62. The lowest BCUT2D eigenvalue weighted by atomic mass is 9.97. The zero-order valence-electron chi connectivity index (χ0n) is 11.3. The van der Waals surface area contributed by atoms with Crippen molar-refractivity contribution in [3.63, 3.8) is 0 Å². The van der Waals surface area contributed by atoms with E-state index in [0.717, 1.165) is 11.3 Å². The molecule has 0 aliphatic heterocycles. The maximum atomic E-state index is 11.7. The molecule has 0 spiro atoms. The molecule has 1 rings (SSSR count). The second-order valence-corrected chi connectivity index (χ2v) is 4.51. The largest absolute Gasteiger partial charge is 0.497 e. The molecule has 1 aromatic rings. The van der Waals surface area contributed by atoms with Gasteiger partial charge in [0.2, 0.25) is 5.91 Å². The minimum atomic E-state index is -1.04. The maximum absolute atomic E-state index is 11.7. The van der Waals surface area contributed by atoms with Crippen LogP contribution in [0.25, 0.3) is 0 Å². The first-order valence-corrected chi connectivity index (χ1v) is 6.10. The molecule has 1 amide bonds. The monoisotopic (exact) mass is 265 g/mol. The first-order chi connectivity index (χ1) is 8.93. The van der Waals surface area contributed by atoms with Gasteiger partial charge in [-0.05, 0) is 30.5 Å². The number of nitrogens with one attached hydrogen (secondary N) is 1. The van der Waals surface area contributed by atoms with Gasteiger partial charge in [0.25, 0.3) is 0 Å². The third kappa shape index (κ3) is 4.62. The zero-order valence-corrected chi connectivity index (χ0v) is 11.3. The van der Waals surface area contributed by atoms with Crippen molar-refractivity contribution >= 4 is 11.9 Å². The number of carboxylic acid groups (broad SMARTS) is 1. The van der Waals surface area contributed by atoms with E-state index in [1.54, 1.807) is 7.11 Å². The highest BCUT2D eigenvalue weighted by Crippen LogP contribution is 2.23. The Kier molecular flexibility index (Phi) is 5.36. The van der Waals surface area contributed by atoms with Crippen LogP contribution in [0.3, 0.4) is 0 Å². The molecule has 1 aromatic carbocycles. The number of ether oxygens (including phenoxy) is 1. The van der Waals surface area contributed by atoms with E-state index in [-0.39, 0.29) is 18.2 Å². The molecule has 19 heavy (non-hydrogen) atoms. The van der Waals surface area contributed by atoms with Gasteiger partial charge >= 0.3 is 5.97 Å². The van der Waals surface area contributed by atoms with E-state index >= 15 is 0 Å². The van der Waals surface area contributed by atoms with E-state index in [1.165, 1.54) is 6.92 Å². The average molecular weight is 265 g/mol. The Labute approximate surface area is 112 Å². The zero-order chi connectivity index (χ0) is 14.4. The van der Waals surface area contributed by atoms with Crippen molar-refractivity contribution in [3.8, 4) is 5.75 Å². The summed E-state index contributed by atoms with van der Waals surface area (Å²) in [6.07, 6.45) is 0.241. The van der Waals surface area contributed by atoms with Gasteiger partial charge < -0.3 is 15.2 Å². The van der Waals surface area contributed by atoms with Crippen molar-refractivity contribution in [2.75, 3.05) is 7.11 Å². The SMILES string of the molecule is COc1cccc(C(C)CC(=O)N[C@@H](C)C(=O)O)c1. The number of hydrogen-bond donors (Lipinski definition) is 2. The molecule has 0 radical (unpaired) electrons. The first-order valence-electron chi connectivity index (χ1n) is 6.10. The van der Waals surface area contributed by atoms with Gasteiger partial charge in [0.15, 0.2) is 0 Å². The standard InChI is InChI=1S/C14H19NO4/c1-9(7-13(16)15-10(2)14(17)18)11-5-4-6-12(8-11)19-3/h4-6,8-10H,7H2,1-3H3,(H,15,16)(H,17,18)/t9?,10-/m0/s1. The Morgan fingerprint density at radius 1 is 1.37 bits per heavy atom. The topological polar surface area (TPSA) is 75.6 Å². The van der Waals surface area contributed by atoms with Crippen LogP contribution in [0, 0.1) is 0 Å². The molecule has 2 atom stereocenters. The van der Waals surface area contributed by atoms with Crippen LogP contribution < -0.4 is 10.1 Å². The van der Waals surface area contributed by atoms with Crippen LogP contribution in [0.2, 0.25) is 0 Å². The quantitative estimate of drug-likeness (QED) is 0.822. The van der Waals surface area contributed by atoms with Gasteiger partial charge in [-0.2, -0.15) is 0 Å². The third-order valence-electron chi connectivity index (χ3n) is 2.90. The molecule has 0 saturated heterocycles. The van der Waals surface area contributed by atoms with E-state index in [2.05, 4.69) is 5.32 Å². The molecule has 0 aromatic heterocycles. The highest BCUT2D eigenvalue weighted by atomic mass is 16.5. The lowest BCUT2D eigenvalue weighted by molar-refractivity contribution is -0.141.